The second kappa shape index (κ2) is 15.0. The molecule has 1 saturated carbocycles. The largest absolute Gasteiger partial charge is 0.460 e. The van der Waals surface area contributed by atoms with Crippen molar-refractivity contribution in [2.75, 3.05) is 38.2 Å². The summed E-state index contributed by atoms with van der Waals surface area (Å²) in [6.45, 7) is 8.82. The van der Waals surface area contributed by atoms with E-state index in [1.165, 1.54) is 0 Å². The number of hydrogen-bond donors (Lipinski definition) is 2. The van der Waals surface area contributed by atoms with Crippen molar-refractivity contribution < 1.29 is 37.5 Å². The van der Waals surface area contributed by atoms with Crippen molar-refractivity contribution in [3.63, 3.8) is 0 Å². The van der Waals surface area contributed by atoms with Gasteiger partial charge in [-0.2, -0.15) is 0 Å². The first-order chi connectivity index (χ1) is 22.5. The smallest absolute Gasteiger partial charge is 0.407 e. The maximum atomic E-state index is 14.1. The summed E-state index contributed by atoms with van der Waals surface area (Å²) in [4.78, 5) is 56.7. The zero-order valence-corrected chi connectivity index (χ0v) is 28.0. The first kappa shape index (κ1) is 34.7. The Hall–Kier alpha value is -3.67. The van der Waals surface area contributed by atoms with Crippen molar-refractivity contribution >= 4 is 40.5 Å². The van der Waals surface area contributed by atoms with Gasteiger partial charge >= 0.3 is 12.1 Å². The summed E-state index contributed by atoms with van der Waals surface area (Å²) in [5, 5.41) is 6.39. The second-order valence-electron chi connectivity index (χ2n) is 14.0. The average molecular weight is 657 g/mol. The van der Waals surface area contributed by atoms with E-state index < -0.39 is 36.4 Å². The Morgan fingerprint density at radius 3 is 2.38 bits per heavy atom. The number of ether oxygens (including phenoxy) is 2. The van der Waals surface area contributed by atoms with Gasteiger partial charge in [-0.3, -0.25) is 14.5 Å². The van der Waals surface area contributed by atoms with E-state index in [0.717, 1.165) is 32.4 Å². The van der Waals surface area contributed by atoms with E-state index in [1.54, 1.807) is 56.9 Å². The number of nitrogens with zero attached hydrogens (tertiary/aromatic N) is 2. The fourth-order valence-corrected chi connectivity index (χ4v) is 7.36. The van der Waals surface area contributed by atoms with Gasteiger partial charge in [0.15, 0.2) is 0 Å². The molecule has 0 spiro atoms. The van der Waals surface area contributed by atoms with Crippen LogP contribution in [0, 0.1) is 11.8 Å². The highest BCUT2D eigenvalue weighted by atomic mass is 19.1. The van der Waals surface area contributed by atoms with Crippen LogP contribution < -0.4 is 10.6 Å². The number of alkyl carbamates (subject to hydrolysis) is 1. The van der Waals surface area contributed by atoms with Crippen LogP contribution in [0.3, 0.4) is 0 Å². The zero-order valence-electron chi connectivity index (χ0n) is 28.0. The molecule has 1 aromatic heterocycles. The third-order valence-corrected chi connectivity index (χ3v) is 9.60. The van der Waals surface area contributed by atoms with Gasteiger partial charge in [-0.25, -0.2) is 14.0 Å². The number of fused-ring (bicyclic) bond motifs is 1. The first-order valence-electron chi connectivity index (χ1n) is 17.1. The second-order valence-corrected chi connectivity index (χ2v) is 14.0. The van der Waals surface area contributed by atoms with Crippen molar-refractivity contribution in [2.45, 2.75) is 103 Å². The zero-order chi connectivity index (χ0) is 33.7. The molecule has 11 nitrogen and oxygen atoms in total. The lowest BCUT2D eigenvalue weighted by molar-refractivity contribution is -0.142. The lowest BCUT2D eigenvalue weighted by Crippen LogP contribution is -2.55. The number of halogens is 1. The number of carbonyl (C=O) groups excluding carboxylic acids is 4. The minimum atomic E-state index is -0.705. The van der Waals surface area contributed by atoms with Gasteiger partial charge in [0.2, 0.25) is 17.6 Å². The van der Waals surface area contributed by atoms with Crippen LogP contribution in [0.4, 0.5) is 14.9 Å². The number of esters is 1. The minimum absolute atomic E-state index is 0.0376. The number of rotatable bonds is 9. The molecule has 3 heterocycles. The number of nitrogens with one attached hydrogen (secondary N) is 2. The van der Waals surface area contributed by atoms with Crippen molar-refractivity contribution in [2.24, 2.45) is 11.8 Å². The Labute approximate surface area is 275 Å². The molecule has 0 unspecified atom stereocenters. The van der Waals surface area contributed by atoms with Crippen LogP contribution in [0.1, 0.15) is 89.6 Å². The molecule has 2 aliphatic heterocycles. The third kappa shape index (κ3) is 8.44. The summed E-state index contributed by atoms with van der Waals surface area (Å²) in [7, 11) is 0. The molecule has 1 aliphatic carbocycles. The van der Waals surface area contributed by atoms with Gasteiger partial charge in [-0.05, 0) is 116 Å². The summed E-state index contributed by atoms with van der Waals surface area (Å²) in [6.07, 6.45) is 5.69. The molecule has 258 valence electrons. The molecule has 2 aromatic rings. The molecule has 47 heavy (non-hydrogen) atoms. The fraction of sp³-hybridized carbons (Fsp3) is 0.657. The highest BCUT2D eigenvalue weighted by molar-refractivity contribution is 6.00. The molecule has 3 aliphatic rings. The maximum Gasteiger partial charge on any atom is 0.407 e. The lowest BCUT2D eigenvalue weighted by Gasteiger charge is -2.38. The fourth-order valence-electron chi connectivity index (χ4n) is 7.36. The predicted molar refractivity (Wildman–Crippen MR) is 175 cm³/mol. The number of alkyl halides is 1. The van der Waals surface area contributed by atoms with E-state index in [0.29, 0.717) is 55.3 Å². The number of hydrogen-bond acceptors (Lipinski definition) is 8. The van der Waals surface area contributed by atoms with Crippen molar-refractivity contribution in [1.29, 1.82) is 0 Å². The SMILES string of the molecule is CCOC(=O)c1cc2cc(NC(=O)[C@H]3[C@@H](N4CCCCC4)CCN3C(=O)[C@H]3CC[C@H]([C@@H](CF)NC(=O)OC(C)(C)C)CC3)ccc2o1. The monoisotopic (exact) mass is 656 g/mol. The van der Waals surface area contributed by atoms with E-state index >= 15 is 0 Å². The van der Waals surface area contributed by atoms with Gasteiger partial charge in [-0.15, -0.1) is 0 Å². The van der Waals surface area contributed by atoms with Gasteiger partial charge in [0.05, 0.1) is 12.6 Å². The Morgan fingerprint density at radius 1 is 1.00 bits per heavy atom. The molecule has 1 aromatic carbocycles. The number of piperidine rings is 1. The van der Waals surface area contributed by atoms with Crippen LogP contribution in [0.25, 0.3) is 11.0 Å². The van der Waals surface area contributed by atoms with Crippen molar-refractivity contribution in [1.82, 2.24) is 15.1 Å². The molecule has 0 bridgehead atoms. The first-order valence-corrected chi connectivity index (χ1v) is 17.1. The van der Waals surface area contributed by atoms with E-state index in [1.807, 2.05) is 0 Å². The summed E-state index contributed by atoms with van der Waals surface area (Å²) in [6, 6.07) is 5.37. The molecule has 0 radical (unpaired) electrons. The van der Waals surface area contributed by atoms with E-state index in [-0.39, 0.29) is 42.1 Å². The van der Waals surface area contributed by atoms with Crippen LogP contribution in [-0.4, -0.2) is 90.3 Å². The number of anilines is 1. The number of benzene rings is 1. The van der Waals surface area contributed by atoms with Crippen molar-refractivity contribution in [3.05, 3.63) is 30.0 Å². The molecule has 3 fully saturated rings. The molecule has 5 rings (SSSR count). The summed E-state index contributed by atoms with van der Waals surface area (Å²) >= 11 is 0. The number of furan rings is 1. The standard InChI is InChI=1S/C35H49FN4O7/c1-5-45-33(43)29-20-24-19-25(13-14-28(24)46-29)37-31(41)30-27(39-16-7-6-8-17-39)15-18-40(30)32(42)23-11-9-22(10-12-23)26(21-36)38-34(44)47-35(2,3)4/h13-14,19-20,22-23,26-27,30H,5-12,15-18,21H2,1-4H3,(H,37,41)(H,38,44)/t22-,23-,26-,27+,30-/m1/s1. The highest BCUT2D eigenvalue weighted by Crippen LogP contribution is 2.36. The van der Waals surface area contributed by atoms with Gasteiger partial charge in [0.25, 0.3) is 0 Å². The summed E-state index contributed by atoms with van der Waals surface area (Å²) in [5.74, 6) is -1.11. The van der Waals surface area contributed by atoms with Crippen LogP contribution in [0.5, 0.6) is 0 Å². The van der Waals surface area contributed by atoms with Crippen LogP contribution >= 0.6 is 0 Å². The molecular weight excluding hydrogens is 607 g/mol. The normalized spacial score (nSPS) is 24.5. The minimum Gasteiger partial charge on any atom is -0.460 e. The maximum absolute atomic E-state index is 14.1. The van der Waals surface area contributed by atoms with Gasteiger partial charge in [0, 0.05) is 29.6 Å². The van der Waals surface area contributed by atoms with E-state index in [4.69, 9.17) is 13.9 Å². The summed E-state index contributed by atoms with van der Waals surface area (Å²) in [5.41, 5.74) is 0.367. The Kier molecular flexibility index (Phi) is 11.1. The molecular formula is C35H49FN4O7. The topological polar surface area (TPSA) is 130 Å². The Bertz CT molecular complexity index is 1420. The van der Waals surface area contributed by atoms with Gasteiger partial charge in [0.1, 0.15) is 23.9 Å². The molecule has 12 heteroatoms. The number of amides is 3. The van der Waals surface area contributed by atoms with Crippen molar-refractivity contribution in [3.8, 4) is 0 Å². The highest BCUT2D eigenvalue weighted by Gasteiger charge is 2.46. The molecule has 2 N–H and O–H groups in total. The Balaban J connectivity index is 1.27. The quantitative estimate of drug-likeness (QED) is 0.330. The predicted octanol–water partition coefficient (Wildman–Crippen LogP) is 5.67. The lowest BCUT2D eigenvalue weighted by atomic mass is 9.78. The number of carbonyl (C=O) groups is 4. The van der Waals surface area contributed by atoms with Crippen LogP contribution in [0.2, 0.25) is 0 Å². The van der Waals surface area contributed by atoms with E-state index in [9.17, 15) is 23.6 Å². The van der Waals surface area contributed by atoms with Crippen LogP contribution in [-0.2, 0) is 19.1 Å². The summed E-state index contributed by atoms with van der Waals surface area (Å²) < 4.78 is 30.0. The van der Waals surface area contributed by atoms with Gasteiger partial charge < -0.3 is 29.4 Å². The Morgan fingerprint density at radius 2 is 1.72 bits per heavy atom. The molecule has 3 atom stereocenters. The average Bonchev–Trinajstić information content (AvgIpc) is 3.68. The third-order valence-electron chi connectivity index (χ3n) is 9.60. The van der Waals surface area contributed by atoms with Crippen LogP contribution in [0.15, 0.2) is 28.7 Å². The molecule has 3 amide bonds. The number of likely N-dealkylation sites (tertiary alicyclic amines) is 2. The van der Waals surface area contributed by atoms with Gasteiger partial charge in [-0.1, -0.05) is 6.42 Å². The molecule has 2 saturated heterocycles. The van der Waals surface area contributed by atoms with E-state index in [2.05, 4.69) is 15.5 Å².